The lowest BCUT2D eigenvalue weighted by atomic mass is 10.0. The Balaban J connectivity index is 1.36. The lowest BCUT2D eigenvalue weighted by Crippen LogP contribution is -2.71. The number of carboxylic acid groups (broad SMARTS) is 1. The Kier molecular flexibility index (Phi) is 8.99. The number of nitrogens with one attached hydrogen (secondary N) is 2. The zero-order chi connectivity index (χ0) is 27.4. The first kappa shape index (κ1) is 28.0. The monoisotopic (exact) mass is 598 g/mol. The number of carbonyl (C=O) groups is 3. The fourth-order valence-electron chi connectivity index (χ4n) is 3.81. The summed E-state index contributed by atoms with van der Waals surface area (Å²) in [6.45, 7) is 1.57. The van der Waals surface area contributed by atoms with Crippen LogP contribution in [0.2, 0.25) is 4.34 Å². The van der Waals surface area contributed by atoms with Crippen molar-refractivity contribution in [3.05, 3.63) is 50.7 Å². The minimum atomic E-state index is -1.24. The fraction of sp³-hybridized carbons (Fsp3) is 0.333. The van der Waals surface area contributed by atoms with Crippen molar-refractivity contribution in [3.63, 3.8) is 0 Å². The maximum absolute atomic E-state index is 12.9. The Morgan fingerprint density at radius 2 is 2.29 bits per heavy atom. The molecule has 6 N–H and O–H groups in total. The quantitative estimate of drug-likeness (QED) is 0.0826. The van der Waals surface area contributed by atoms with Crippen LogP contribution in [-0.2, 0) is 20.9 Å². The SMILES string of the molecule is CN(CCSC=CC1=C(C(=O)O)N2C(=O)[C@@H](NC(=O)/C(=N\O)c3nc(N)sc3Cl)[C@H]2SC1)Cc1cn[nH]c1. The molecule has 0 aromatic carbocycles. The second kappa shape index (κ2) is 12.2. The van der Waals surface area contributed by atoms with Crippen molar-refractivity contribution in [3.8, 4) is 0 Å². The summed E-state index contributed by atoms with van der Waals surface area (Å²) in [6.07, 6.45) is 5.32. The van der Waals surface area contributed by atoms with E-state index in [4.69, 9.17) is 17.3 Å². The molecule has 0 radical (unpaired) electrons. The molecule has 0 saturated carbocycles. The Morgan fingerprint density at radius 1 is 1.50 bits per heavy atom. The average molecular weight is 599 g/mol. The van der Waals surface area contributed by atoms with Crippen LogP contribution in [0, 0.1) is 0 Å². The molecule has 0 spiro atoms. The van der Waals surface area contributed by atoms with E-state index in [1.165, 1.54) is 23.5 Å². The van der Waals surface area contributed by atoms with Crippen LogP contribution in [-0.4, -0.2) is 95.3 Å². The summed E-state index contributed by atoms with van der Waals surface area (Å²) in [5.74, 6) is -1.60. The van der Waals surface area contributed by atoms with Crippen LogP contribution in [0.3, 0.4) is 0 Å². The number of amides is 2. The van der Waals surface area contributed by atoms with E-state index in [-0.39, 0.29) is 20.9 Å². The summed E-state index contributed by atoms with van der Waals surface area (Å²) in [5.41, 5.74) is 6.43. The molecule has 1 fully saturated rings. The summed E-state index contributed by atoms with van der Waals surface area (Å²) < 4.78 is 0.0501. The van der Waals surface area contributed by atoms with Crippen molar-refractivity contribution < 1.29 is 24.7 Å². The number of aromatic nitrogens is 3. The molecule has 4 heterocycles. The maximum Gasteiger partial charge on any atom is 0.352 e. The van der Waals surface area contributed by atoms with E-state index in [9.17, 15) is 24.7 Å². The highest BCUT2D eigenvalue weighted by Gasteiger charge is 2.54. The molecular weight excluding hydrogens is 576 g/mol. The molecule has 2 amide bonds. The van der Waals surface area contributed by atoms with Gasteiger partial charge in [-0.1, -0.05) is 28.1 Å². The molecule has 0 unspecified atom stereocenters. The average Bonchev–Trinajstić information content (AvgIpc) is 3.50. The van der Waals surface area contributed by atoms with Gasteiger partial charge in [0.05, 0.1) is 6.20 Å². The van der Waals surface area contributed by atoms with Gasteiger partial charge in [-0.05, 0) is 24.1 Å². The van der Waals surface area contributed by atoms with Crippen molar-refractivity contribution >= 4 is 75.1 Å². The van der Waals surface area contributed by atoms with Crippen molar-refractivity contribution in [1.82, 2.24) is 30.3 Å². The standard InChI is InChI=1S/C21H23ClN8O5S3/c1-29(8-10-6-24-25-7-10)3-5-36-4-2-11-9-37-19-14(18(32)30(19)15(11)20(33)34)26-17(31)13(28-35)12-16(22)38-21(23)27-12/h2,4,6-7,14,19,35H,3,5,8-9H2,1H3,(H2,23,27)(H,24,25)(H,26,31)(H,33,34)/b4-2?,28-13-/t14-,19-/m1/s1. The summed E-state index contributed by atoms with van der Waals surface area (Å²) in [5, 5.41) is 32.6. The van der Waals surface area contributed by atoms with E-state index in [2.05, 4.69) is 30.6 Å². The minimum Gasteiger partial charge on any atom is -0.477 e. The van der Waals surface area contributed by atoms with Crippen LogP contribution < -0.4 is 11.1 Å². The molecule has 202 valence electrons. The van der Waals surface area contributed by atoms with Gasteiger partial charge < -0.3 is 26.3 Å². The zero-order valence-corrected chi connectivity index (χ0v) is 23.0. The first-order chi connectivity index (χ1) is 18.2. The number of anilines is 1. The molecule has 0 bridgehead atoms. The molecule has 2 aromatic rings. The minimum absolute atomic E-state index is 0.0501. The number of carbonyl (C=O) groups excluding carboxylic acids is 2. The lowest BCUT2D eigenvalue weighted by Gasteiger charge is -2.49. The number of aromatic amines is 1. The summed E-state index contributed by atoms with van der Waals surface area (Å²) >= 11 is 9.75. The molecule has 2 aromatic heterocycles. The molecule has 0 aliphatic carbocycles. The van der Waals surface area contributed by atoms with Gasteiger partial charge >= 0.3 is 5.97 Å². The molecule has 1 saturated heterocycles. The van der Waals surface area contributed by atoms with Gasteiger partial charge in [-0.15, -0.1) is 23.5 Å². The van der Waals surface area contributed by atoms with Gasteiger partial charge in [-0.3, -0.25) is 19.6 Å². The number of fused-ring (bicyclic) bond motifs is 1. The highest BCUT2D eigenvalue weighted by atomic mass is 35.5. The van der Waals surface area contributed by atoms with Gasteiger partial charge in [0.1, 0.15) is 27.1 Å². The number of allylic oxidation sites excluding steroid dienone is 1. The van der Waals surface area contributed by atoms with Gasteiger partial charge in [-0.2, -0.15) is 5.10 Å². The molecule has 13 nitrogen and oxygen atoms in total. The van der Waals surface area contributed by atoms with Gasteiger partial charge in [0.15, 0.2) is 10.8 Å². The second-order valence-corrected chi connectivity index (χ2v) is 11.9. The van der Waals surface area contributed by atoms with E-state index >= 15 is 0 Å². The van der Waals surface area contributed by atoms with Gasteiger partial charge in [-0.25, -0.2) is 9.78 Å². The molecule has 2 aliphatic heterocycles. The number of thioether (sulfide) groups is 2. The molecule has 38 heavy (non-hydrogen) atoms. The number of hydrogen-bond acceptors (Lipinski definition) is 12. The third-order valence-corrected chi connectivity index (χ3v) is 8.72. The van der Waals surface area contributed by atoms with Crippen molar-refractivity contribution in [2.75, 3.05) is 30.8 Å². The third-order valence-electron chi connectivity index (χ3n) is 5.59. The van der Waals surface area contributed by atoms with Crippen LogP contribution in [0.25, 0.3) is 0 Å². The summed E-state index contributed by atoms with van der Waals surface area (Å²) in [4.78, 5) is 44.8. The molecule has 4 rings (SSSR count). The number of hydrogen-bond donors (Lipinski definition) is 5. The highest BCUT2D eigenvalue weighted by molar-refractivity contribution is 8.02. The number of thiazole rings is 1. The Labute approximate surface area is 234 Å². The number of nitrogen functional groups attached to an aromatic ring is 1. The number of nitrogens with two attached hydrogens (primary N) is 1. The van der Waals surface area contributed by atoms with Crippen LogP contribution in [0.15, 0.2) is 40.3 Å². The number of aliphatic carboxylic acids is 1. The number of halogens is 1. The highest BCUT2D eigenvalue weighted by Crippen LogP contribution is 2.41. The first-order valence-corrected chi connectivity index (χ1v) is 14.3. The van der Waals surface area contributed by atoms with Gasteiger partial charge in [0, 0.05) is 36.4 Å². The Bertz CT molecular complexity index is 1310. The number of β-lactam (4-membered cyclic amide) rings is 1. The van der Waals surface area contributed by atoms with Crippen LogP contribution in [0.1, 0.15) is 11.3 Å². The van der Waals surface area contributed by atoms with Gasteiger partial charge in [0.25, 0.3) is 11.8 Å². The number of H-pyrrole nitrogens is 1. The molecule has 2 atom stereocenters. The topological polar surface area (TPSA) is 190 Å². The predicted octanol–water partition coefficient (Wildman–Crippen LogP) is 1.40. The van der Waals surface area contributed by atoms with Crippen LogP contribution >= 0.6 is 46.5 Å². The van der Waals surface area contributed by atoms with E-state index in [1.54, 1.807) is 12.3 Å². The lowest BCUT2D eigenvalue weighted by molar-refractivity contribution is -0.150. The smallest absolute Gasteiger partial charge is 0.352 e. The Hall–Kier alpha value is -3.05. The fourth-order valence-corrected chi connectivity index (χ4v) is 6.87. The third kappa shape index (κ3) is 5.99. The van der Waals surface area contributed by atoms with Crippen LogP contribution in [0.5, 0.6) is 0 Å². The van der Waals surface area contributed by atoms with Crippen molar-refractivity contribution in [2.24, 2.45) is 5.16 Å². The van der Waals surface area contributed by atoms with E-state index in [0.29, 0.717) is 11.3 Å². The summed E-state index contributed by atoms with van der Waals surface area (Å²) in [6, 6.07) is -1.01. The Morgan fingerprint density at radius 3 is 2.92 bits per heavy atom. The van der Waals surface area contributed by atoms with E-state index in [1.807, 2.05) is 18.7 Å². The zero-order valence-electron chi connectivity index (χ0n) is 19.8. The van der Waals surface area contributed by atoms with E-state index < -0.39 is 34.9 Å². The maximum atomic E-state index is 12.9. The van der Waals surface area contributed by atoms with Crippen LogP contribution in [0.4, 0.5) is 5.13 Å². The predicted molar refractivity (Wildman–Crippen MR) is 146 cm³/mol. The largest absolute Gasteiger partial charge is 0.477 e. The van der Waals surface area contributed by atoms with Gasteiger partial charge in [0.2, 0.25) is 0 Å². The van der Waals surface area contributed by atoms with Crippen molar-refractivity contribution in [1.29, 1.82) is 0 Å². The first-order valence-electron chi connectivity index (χ1n) is 11.0. The van der Waals surface area contributed by atoms with E-state index in [0.717, 1.165) is 40.6 Å². The number of nitrogens with zero attached hydrogens (tertiary/aromatic N) is 5. The number of carboxylic acids is 1. The molecule has 17 heteroatoms. The molecular formula is C21H23ClN8O5S3. The second-order valence-electron chi connectivity index (χ2n) is 8.18. The summed E-state index contributed by atoms with van der Waals surface area (Å²) in [7, 11) is 2.00. The molecule has 2 aliphatic rings. The van der Waals surface area contributed by atoms with Crippen molar-refractivity contribution in [2.45, 2.75) is 18.0 Å². The number of rotatable bonds is 11. The normalized spacial score (nSPS) is 19.7. The number of oxime groups is 1.